The summed E-state index contributed by atoms with van der Waals surface area (Å²) in [6.45, 7) is 1.59. The first-order valence-electron chi connectivity index (χ1n) is 10.2. The third-order valence-corrected chi connectivity index (χ3v) is 5.40. The maximum atomic E-state index is 13.2. The molecular formula is C26H19N3O3. The highest BCUT2D eigenvalue weighted by atomic mass is 16.5. The average Bonchev–Trinajstić information content (AvgIpc) is 3.27. The topological polar surface area (TPSA) is 84.9 Å². The molecule has 3 heterocycles. The molecule has 0 aliphatic carbocycles. The standard InChI is InChI=1S/C26H19N3O3/c1-16(25(30)21-15-28-22-10-4-2-9-19(21)22)32-26(31)20-13-24(17-7-6-12-27-14-17)29-23-11-5-3-8-18(20)23/h2-16,28H,1H3. The van der Waals surface area contributed by atoms with Crippen molar-refractivity contribution in [1.29, 1.82) is 0 Å². The van der Waals surface area contributed by atoms with Crippen LogP contribution in [0.2, 0.25) is 0 Å². The molecule has 2 aromatic carbocycles. The fourth-order valence-corrected chi connectivity index (χ4v) is 3.78. The zero-order valence-corrected chi connectivity index (χ0v) is 17.3. The second-order valence-corrected chi connectivity index (χ2v) is 7.47. The number of ketones is 1. The van der Waals surface area contributed by atoms with Gasteiger partial charge in [-0.1, -0.05) is 36.4 Å². The minimum absolute atomic E-state index is 0.262. The fraction of sp³-hybridized carbons (Fsp3) is 0.0769. The molecule has 6 heteroatoms. The van der Waals surface area contributed by atoms with E-state index in [-0.39, 0.29) is 5.78 Å². The van der Waals surface area contributed by atoms with Gasteiger partial charge in [-0.3, -0.25) is 9.78 Å². The molecule has 0 saturated heterocycles. The van der Waals surface area contributed by atoms with Gasteiger partial charge in [0.1, 0.15) is 0 Å². The van der Waals surface area contributed by atoms with Gasteiger partial charge in [0.25, 0.3) is 0 Å². The highest BCUT2D eigenvalue weighted by molar-refractivity contribution is 6.11. The number of aromatic nitrogens is 3. The maximum absolute atomic E-state index is 13.2. The highest BCUT2D eigenvalue weighted by Gasteiger charge is 2.24. The van der Waals surface area contributed by atoms with Crippen LogP contribution in [0.15, 0.2) is 85.3 Å². The Bertz CT molecular complexity index is 1460. The summed E-state index contributed by atoms with van der Waals surface area (Å²) >= 11 is 0. The molecule has 3 aromatic heterocycles. The first kappa shape index (κ1) is 19.6. The van der Waals surface area contributed by atoms with Gasteiger partial charge in [-0.05, 0) is 37.3 Å². The number of fused-ring (bicyclic) bond motifs is 2. The van der Waals surface area contributed by atoms with Gasteiger partial charge in [0, 0.05) is 46.0 Å². The molecule has 5 rings (SSSR count). The van der Waals surface area contributed by atoms with Gasteiger partial charge < -0.3 is 9.72 Å². The maximum Gasteiger partial charge on any atom is 0.339 e. The number of pyridine rings is 2. The fourth-order valence-electron chi connectivity index (χ4n) is 3.78. The van der Waals surface area contributed by atoms with E-state index in [0.717, 1.165) is 16.5 Å². The number of Topliss-reactive ketones (excluding diaryl/α,β-unsaturated/α-hetero) is 1. The lowest BCUT2D eigenvalue weighted by atomic mass is 10.0. The lowest BCUT2D eigenvalue weighted by Gasteiger charge is -2.14. The van der Waals surface area contributed by atoms with Gasteiger partial charge in [0.2, 0.25) is 5.78 Å². The van der Waals surface area contributed by atoms with Crippen molar-refractivity contribution in [1.82, 2.24) is 15.0 Å². The largest absolute Gasteiger partial charge is 0.451 e. The Balaban J connectivity index is 1.48. The summed E-state index contributed by atoms with van der Waals surface area (Å²) in [7, 11) is 0. The molecule has 0 fully saturated rings. The van der Waals surface area contributed by atoms with Crippen LogP contribution in [0.3, 0.4) is 0 Å². The van der Waals surface area contributed by atoms with Crippen molar-refractivity contribution in [2.75, 3.05) is 0 Å². The number of para-hydroxylation sites is 2. The zero-order chi connectivity index (χ0) is 22.1. The van der Waals surface area contributed by atoms with Gasteiger partial charge in [-0.25, -0.2) is 9.78 Å². The minimum atomic E-state index is -0.949. The van der Waals surface area contributed by atoms with E-state index in [9.17, 15) is 9.59 Å². The number of rotatable bonds is 5. The number of aromatic amines is 1. The summed E-state index contributed by atoms with van der Waals surface area (Å²) < 4.78 is 5.62. The summed E-state index contributed by atoms with van der Waals surface area (Å²) in [6, 6.07) is 20.3. The molecule has 6 nitrogen and oxygen atoms in total. The molecule has 32 heavy (non-hydrogen) atoms. The second kappa shape index (κ2) is 8.07. The summed E-state index contributed by atoms with van der Waals surface area (Å²) in [5.41, 5.74) is 3.77. The quantitative estimate of drug-likeness (QED) is 0.311. The smallest absolute Gasteiger partial charge is 0.339 e. The molecule has 0 aliphatic heterocycles. The van der Waals surface area contributed by atoms with Crippen LogP contribution in [-0.2, 0) is 4.74 Å². The normalized spacial score (nSPS) is 12.0. The van der Waals surface area contributed by atoms with Crippen molar-refractivity contribution >= 4 is 33.6 Å². The molecule has 1 atom stereocenters. The summed E-state index contributed by atoms with van der Waals surface area (Å²) in [5, 5.41) is 1.46. The first-order chi connectivity index (χ1) is 15.6. The Kier molecular flexibility index (Phi) is 4.95. The van der Waals surface area contributed by atoms with Crippen LogP contribution < -0.4 is 0 Å². The van der Waals surface area contributed by atoms with E-state index in [2.05, 4.69) is 15.0 Å². The van der Waals surface area contributed by atoms with Crippen molar-refractivity contribution in [2.45, 2.75) is 13.0 Å². The number of esters is 1. The third kappa shape index (κ3) is 3.52. The predicted octanol–water partition coefficient (Wildman–Crippen LogP) is 5.21. The molecule has 156 valence electrons. The first-order valence-corrected chi connectivity index (χ1v) is 10.2. The predicted molar refractivity (Wildman–Crippen MR) is 122 cm³/mol. The van der Waals surface area contributed by atoms with E-state index in [1.807, 2.05) is 60.7 Å². The van der Waals surface area contributed by atoms with Crippen molar-refractivity contribution < 1.29 is 14.3 Å². The Labute approximate surface area is 183 Å². The number of hydrogen-bond acceptors (Lipinski definition) is 5. The van der Waals surface area contributed by atoms with Crippen molar-refractivity contribution in [2.24, 2.45) is 0 Å². The van der Waals surface area contributed by atoms with Crippen LogP contribution in [0.4, 0.5) is 0 Å². The number of ether oxygens (including phenoxy) is 1. The molecule has 1 N–H and O–H groups in total. The van der Waals surface area contributed by atoms with E-state index < -0.39 is 12.1 Å². The number of nitrogens with one attached hydrogen (secondary N) is 1. The number of nitrogens with zero attached hydrogens (tertiary/aromatic N) is 2. The van der Waals surface area contributed by atoms with Gasteiger partial charge in [0.05, 0.1) is 16.8 Å². The molecule has 0 bridgehead atoms. The molecular weight excluding hydrogens is 402 g/mol. The molecule has 0 radical (unpaired) electrons. The van der Waals surface area contributed by atoms with E-state index in [1.54, 1.807) is 31.6 Å². The van der Waals surface area contributed by atoms with Crippen molar-refractivity contribution in [3.8, 4) is 11.3 Å². The third-order valence-electron chi connectivity index (χ3n) is 5.40. The Morgan fingerprint density at radius 2 is 1.72 bits per heavy atom. The molecule has 0 saturated carbocycles. The van der Waals surface area contributed by atoms with E-state index in [1.165, 1.54) is 0 Å². The lowest BCUT2D eigenvalue weighted by molar-refractivity contribution is 0.0321. The van der Waals surface area contributed by atoms with E-state index in [4.69, 9.17) is 4.74 Å². The molecule has 0 aliphatic rings. The average molecular weight is 421 g/mol. The SMILES string of the molecule is CC(OC(=O)c1cc(-c2cccnc2)nc2ccccc12)C(=O)c1c[nH]c2ccccc12. The van der Waals surface area contributed by atoms with Crippen molar-refractivity contribution in [3.05, 3.63) is 96.4 Å². The van der Waals surface area contributed by atoms with Crippen LogP contribution in [-0.4, -0.2) is 32.8 Å². The monoisotopic (exact) mass is 421 g/mol. The molecule has 0 spiro atoms. The number of carbonyl (C=O) groups excluding carboxylic acids is 2. The van der Waals surface area contributed by atoms with Crippen LogP contribution in [0.5, 0.6) is 0 Å². The van der Waals surface area contributed by atoms with Crippen LogP contribution in [0.1, 0.15) is 27.6 Å². The molecule has 1 unspecified atom stereocenters. The zero-order valence-electron chi connectivity index (χ0n) is 17.3. The van der Waals surface area contributed by atoms with Gasteiger partial charge in [-0.15, -0.1) is 0 Å². The van der Waals surface area contributed by atoms with Gasteiger partial charge >= 0.3 is 5.97 Å². The number of hydrogen-bond donors (Lipinski definition) is 1. The Morgan fingerprint density at radius 1 is 0.938 bits per heavy atom. The molecule has 0 amide bonds. The van der Waals surface area contributed by atoms with E-state index in [0.29, 0.717) is 27.7 Å². The summed E-state index contributed by atoms with van der Waals surface area (Å²) in [6.07, 6.45) is 4.07. The van der Waals surface area contributed by atoms with Gasteiger partial charge in [-0.2, -0.15) is 0 Å². The Hall–Kier alpha value is -4.32. The molecule has 5 aromatic rings. The number of benzene rings is 2. The van der Waals surface area contributed by atoms with Gasteiger partial charge in [0.15, 0.2) is 6.10 Å². The summed E-state index contributed by atoms with van der Waals surface area (Å²) in [4.78, 5) is 38.1. The lowest BCUT2D eigenvalue weighted by Crippen LogP contribution is -2.24. The Morgan fingerprint density at radius 3 is 2.53 bits per heavy atom. The summed E-state index contributed by atoms with van der Waals surface area (Å²) in [5.74, 6) is -0.837. The number of carbonyl (C=O) groups is 2. The minimum Gasteiger partial charge on any atom is -0.451 e. The van der Waals surface area contributed by atoms with Crippen LogP contribution >= 0.6 is 0 Å². The van der Waals surface area contributed by atoms with Crippen LogP contribution in [0, 0.1) is 0 Å². The van der Waals surface area contributed by atoms with Crippen LogP contribution in [0.25, 0.3) is 33.1 Å². The highest BCUT2D eigenvalue weighted by Crippen LogP contribution is 2.26. The number of H-pyrrole nitrogens is 1. The van der Waals surface area contributed by atoms with Crippen molar-refractivity contribution in [3.63, 3.8) is 0 Å². The van der Waals surface area contributed by atoms with E-state index >= 15 is 0 Å². The second-order valence-electron chi connectivity index (χ2n) is 7.47.